The van der Waals surface area contributed by atoms with Crippen LogP contribution in [-0.2, 0) is 27.6 Å². The molecule has 1 unspecified atom stereocenters. The van der Waals surface area contributed by atoms with Gasteiger partial charge in [-0.1, -0.05) is 0 Å². The molecule has 1 aromatic heterocycles. The Morgan fingerprint density at radius 1 is 1.20 bits per heavy atom. The fourth-order valence-electron chi connectivity index (χ4n) is 3.01. The van der Waals surface area contributed by atoms with E-state index in [0.717, 1.165) is 5.82 Å². The minimum atomic E-state index is -2.88. The number of aliphatic carboxylic acids is 1. The molecule has 8 heteroatoms. The zero-order valence-electron chi connectivity index (χ0n) is 11.0. The van der Waals surface area contributed by atoms with Crippen LogP contribution in [0, 0.1) is 5.92 Å². The Bertz CT molecular complexity index is 623. The molecule has 110 valence electrons. The lowest BCUT2D eigenvalue weighted by Gasteiger charge is -2.25. The Labute approximate surface area is 116 Å². The first-order valence-corrected chi connectivity index (χ1v) is 8.63. The summed E-state index contributed by atoms with van der Waals surface area (Å²) in [5.74, 6) is 0.915. The van der Waals surface area contributed by atoms with Gasteiger partial charge in [0.05, 0.1) is 17.4 Å². The first-order chi connectivity index (χ1) is 9.46. The van der Waals surface area contributed by atoms with Crippen molar-refractivity contribution in [2.75, 3.05) is 11.5 Å². The molecule has 2 aliphatic heterocycles. The lowest BCUT2D eigenvalue weighted by atomic mass is 9.96. The third kappa shape index (κ3) is 2.44. The maximum Gasteiger partial charge on any atom is 0.307 e. The van der Waals surface area contributed by atoms with Gasteiger partial charge in [-0.2, -0.15) is 0 Å². The summed E-state index contributed by atoms with van der Waals surface area (Å²) >= 11 is 0. The first kappa shape index (κ1) is 13.5. The summed E-state index contributed by atoms with van der Waals surface area (Å²) in [6.07, 6.45) is 2.16. The number of carboxylic acid groups (broad SMARTS) is 1. The van der Waals surface area contributed by atoms with Crippen molar-refractivity contribution in [3.05, 3.63) is 11.6 Å². The molecule has 0 amide bonds. The summed E-state index contributed by atoms with van der Waals surface area (Å²) in [6.45, 7) is 0.609. The standard InChI is InChI=1S/C12H17N3O4S/c16-12(17)9-1-4-15-10(7-9)13-14-11(15)8-2-5-20(18,19)6-3-8/h8-9H,1-7H2,(H,16,17). The summed E-state index contributed by atoms with van der Waals surface area (Å²) in [4.78, 5) is 11.0. The molecule has 0 saturated carbocycles. The maximum atomic E-state index is 11.5. The van der Waals surface area contributed by atoms with Crippen molar-refractivity contribution in [3.8, 4) is 0 Å². The van der Waals surface area contributed by atoms with E-state index in [1.807, 2.05) is 4.57 Å². The highest BCUT2D eigenvalue weighted by Gasteiger charge is 2.32. The summed E-state index contributed by atoms with van der Waals surface area (Å²) in [5, 5.41) is 17.3. The van der Waals surface area contributed by atoms with E-state index < -0.39 is 15.8 Å². The minimum Gasteiger partial charge on any atom is -0.481 e. The fourth-order valence-corrected chi connectivity index (χ4v) is 4.50. The zero-order valence-corrected chi connectivity index (χ0v) is 11.8. The Hall–Kier alpha value is -1.44. The third-order valence-corrected chi connectivity index (χ3v) is 5.97. The van der Waals surface area contributed by atoms with Crippen molar-refractivity contribution in [3.63, 3.8) is 0 Å². The lowest BCUT2D eigenvalue weighted by Crippen LogP contribution is -2.28. The molecule has 7 nitrogen and oxygen atoms in total. The maximum absolute atomic E-state index is 11.5. The van der Waals surface area contributed by atoms with Crippen molar-refractivity contribution in [2.45, 2.75) is 38.1 Å². The second kappa shape index (κ2) is 4.83. The molecule has 3 rings (SSSR count). The summed E-state index contributed by atoms with van der Waals surface area (Å²) < 4.78 is 24.9. The van der Waals surface area contributed by atoms with E-state index in [2.05, 4.69) is 10.2 Å². The van der Waals surface area contributed by atoms with Crippen LogP contribution < -0.4 is 0 Å². The van der Waals surface area contributed by atoms with Crippen LogP contribution in [0.4, 0.5) is 0 Å². The van der Waals surface area contributed by atoms with Gasteiger partial charge in [0, 0.05) is 18.9 Å². The molecule has 0 bridgehead atoms. The van der Waals surface area contributed by atoms with Crippen molar-refractivity contribution in [2.24, 2.45) is 5.92 Å². The van der Waals surface area contributed by atoms with Crippen molar-refractivity contribution >= 4 is 15.8 Å². The van der Waals surface area contributed by atoms with Crippen LogP contribution in [0.15, 0.2) is 0 Å². The van der Waals surface area contributed by atoms with Gasteiger partial charge in [0.25, 0.3) is 0 Å². The Morgan fingerprint density at radius 3 is 2.55 bits per heavy atom. The van der Waals surface area contributed by atoms with Crippen LogP contribution in [0.2, 0.25) is 0 Å². The van der Waals surface area contributed by atoms with E-state index >= 15 is 0 Å². The second-order valence-electron chi connectivity index (χ2n) is 5.58. The van der Waals surface area contributed by atoms with Gasteiger partial charge in [0.2, 0.25) is 0 Å². The molecule has 1 atom stereocenters. The van der Waals surface area contributed by atoms with Crippen LogP contribution in [0.5, 0.6) is 0 Å². The zero-order chi connectivity index (χ0) is 14.3. The Balaban J connectivity index is 1.79. The van der Waals surface area contributed by atoms with Gasteiger partial charge < -0.3 is 9.67 Å². The minimum absolute atomic E-state index is 0.126. The summed E-state index contributed by atoms with van der Waals surface area (Å²) in [6, 6.07) is 0. The predicted octanol–water partition coefficient (Wildman–Crippen LogP) is 0.217. The number of rotatable bonds is 2. The number of sulfone groups is 1. The smallest absolute Gasteiger partial charge is 0.307 e. The van der Waals surface area contributed by atoms with E-state index in [1.165, 1.54) is 0 Å². The quantitative estimate of drug-likeness (QED) is 0.838. The highest BCUT2D eigenvalue weighted by Crippen LogP contribution is 2.30. The molecule has 1 saturated heterocycles. The number of hydrogen-bond donors (Lipinski definition) is 1. The lowest BCUT2D eigenvalue weighted by molar-refractivity contribution is -0.142. The molecule has 20 heavy (non-hydrogen) atoms. The van der Waals surface area contributed by atoms with Gasteiger partial charge in [-0.25, -0.2) is 8.42 Å². The van der Waals surface area contributed by atoms with Gasteiger partial charge in [0.1, 0.15) is 21.5 Å². The van der Waals surface area contributed by atoms with Crippen LogP contribution in [0.1, 0.15) is 36.8 Å². The van der Waals surface area contributed by atoms with Gasteiger partial charge in [-0.15, -0.1) is 10.2 Å². The molecule has 3 heterocycles. The monoisotopic (exact) mass is 299 g/mol. The van der Waals surface area contributed by atoms with Crippen LogP contribution in [0.3, 0.4) is 0 Å². The molecule has 1 fully saturated rings. The molecule has 0 radical (unpaired) electrons. The molecule has 0 aliphatic carbocycles. The van der Waals surface area contributed by atoms with E-state index in [4.69, 9.17) is 5.11 Å². The SMILES string of the molecule is O=C(O)C1CCn2c(nnc2C2CCS(=O)(=O)CC2)C1. The molecule has 2 aliphatic rings. The van der Waals surface area contributed by atoms with Gasteiger partial charge in [-0.05, 0) is 19.3 Å². The average molecular weight is 299 g/mol. The highest BCUT2D eigenvalue weighted by molar-refractivity contribution is 7.91. The Kier molecular flexibility index (Phi) is 3.27. The number of fused-ring (bicyclic) bond motifs is 1. The van der Waals surface area contributed by atoms with E-state index in [0.29, 0.717) is 38.1 Å². The van der Waals surface area contributed by atoms with Gasteiger partial charge in [0.15, 0.2) is 0 Å². The largest absolute Gasteiger partial charge is 0.481 e. The number of nitrogens with zero attached hydrogens (tertiary/aromatic N) is 3. The molecular formula is C12H17N3O4S. The van der Waals surface area contributed by atoms with E-state index in [-0.39, 0.29) is 23.3 Å². The predicted molar refractivity (Wildman–Crippen MR) is 70.1 cm³/mol. The van der Waals surface area contributed by atoms with Crippen LogP contribution >= 0.6 is 0 Å². The second-order valence-corrected chi connectivity index (χ2v) is 7.88. The topological polar surface area (TPSA) is 102 Å². The normalized spacial score (nSPS) is 26.1. The number of carboxylic acids is 1. The summed E-state index contributed by atoms with van der Waals surface area (Å²) in [5.41, 5.74) is 0. The fraction of sp³-hybridized carbons (Fsp3) is 0.750. The Morgan fingerprint density at radius 2 is 1.90 bits per heavy atom. The average Bonchev–Trinajstić information content (AvgIpc) is 2.81. The van der Waals surface area contributed by atoms with E-state index in [9.17, 15) is 13.2 Å². The summed E-state index contributed by atoms with van der Waals surface area (Å²) in [7, 11) is -2.88. The molecule has 0 spiro atoms. The number of hydrogen-bond acceptors (Lipinski definition) is 5. The van der Waals surface area contributed by atoms with Gasteiger partial charge >= 0.3 is 5.97 Å². The highest BCUT2D eigenvalue weighted by atomic mass is 32.2. The van der Waals surface area contributed by atoms with E-state index in [1.54, 1.807) is 0 Å². The first-order valence-electron chi connectivity index (χ1n) is 6.81. The van der Waals surface area contributed by atoms with Gasteiger partial charge in [-0.3, -0.25) is 4.79 Å². The molecule has 0 aromatic carbocycles. The number of carbonyl (C=O) groups is 1. The third-order valence-electron chi connectivity index (χ3n) is 4.26. The van der Waals surface area contributed by atoms with Crippen LogP contribution in [-0.4, -0.2) is 45.8 Å². The van der Waals surface area contributed by atoms with Crippen molar-refractivity contribution < 1.29 is 18.3 Å². The van der Waals surface area contributed by atoms with Crippen molar-refractivity contribution in [1.82, 2.24) is 14.8 Å². The molecular weight excluding hydrogens is 282 g/mol. The number of aromatic nitrogens is 3. The molecule has 1 aromatic rings. The van der Waals surface area contributed by atoms with Crippen LogP contribution in [0.25, 0.3) is 0 Å². The molecule has 1 N–H and O–H groups in total. The van der Waals surface area contributed by atoms with Crippen molar-refractivity contribution in [1.29, 1.82) is 0 Å².